The van der Waals surface area contributed by atoms with Crippen LogP contribution in [-0.4, -0.2) is 38.3 Å². The van der Waals surface area contributed by atoms with Gasteiger partial charge in [0.1, 0.15) is 13.2 Å². The molecule has 1 aliphatic rings. The number of rotatable bonds is 5. The van der Waals surface area contributed by atoms with Gasteiger partial charge >= 0.3 is 0 Å². The first-order valence-corrected chi connectivity index (χ1v) is 9.45. The number of nitrogens with one attached hydrogen (secondary N) is 1. The molecule has 3 aromatic rings. The van der Waals surface area contributed by atoms with Crippen molar-refractivity contribution in [2.45, 2.75) is 0 Å². The summed E-state index contributed by atoms with van der Waals surface area (Å²) in [6.45, 7) is 1.08. The second-order valence-electron chi connectivity index (χ2n) is 5.92. The highest BCUT2D eigenvalue weighted by atomic mass is 32.1. The molecule has 1 N–H and O–H groups in total. The molecule has 1 aromatic heterocycles. The van der Waals surface area contributed by atoms with Crippen LogP contribution in [0.25, 0.3) is 11.3 Å². The highest BCUT2D eigenvalue weighted by Gasteiger charge is 2.16. The molecule has 144 valence electrons. The van der Waals surface area contributed by atoms with E-state index in [0.717, 1.165) is 17.0 Å². The average molecular weight is 398 g/mol. The quantitative estimate of drug-likeness (QED) is 0.703. The van der Waals surface area contributed by atoms with Gasteiger partial charge in [0.05, 0.1) is 19.9 Å². The smallest absolute Gasteiger partial charge is 0.257 e. The van der Waals surface area contributed by atoms with Crippen molar-refractivity contribution in [1.29, 1.82) is 0 Å². The van der Waals surface area contributed by atoms with Gasteiger partial charge in [-0.25, -0.2) is 4.98 Å². The van der Waals surface area contributed by atoms with E-state index in [2.05, 4.69) is 10.3 Å². The normalized spacial score (nSPS) is 12.4. The summed E-state index contributed by atoms with van der Waals surface area (Å²) in [6, 6.07) is 10.7. The van der Waals surface area contributed by atoms with Crippen molar-refractivity contribution in [3.63, 3.8) is 0 Å². The van der Waals surface area contributed by atoms with Gasteiger partial charge in [-0.1, -0.05) is 0 Å². The number of nitrogens with zero attached hydrogens (tertiary/aromatic N) is 1. The summed E-state index contributed by atoms with van der Waals surface area (Å²) in [5.74, 6) is 2.21. The molecule has 0 atom stereocenters. The monoisotopic (exact) mass is 398 g/mol. The minimum atomic E-state index is -0.274. The number of fused-ring (bicyclic) bond motifs is 1. The van der Waals surface area contributed by atoms with Crippen LogP contribution in [0.3, 0.4) is 0 Å². The minimum absolute atomic E-state index is 0.274. The molecule has 0 saturated heterocycles. The Morgan fingerprint density at radius 3 is 2.61 bits per heavy atom. The third-order valence-electron chi connectivity index (χ3n) is 4.21. The molecular weight excluding hydrogens is 380 g/mol. The molecular formula is C20H18N2O5S. The first kappa shape index (κ1) is 18.1. The molecule has 28 heavy (non-hydrogen) atoms. The number of hydrogen-bond acceptors (Lipinski definition) is 7. The fourth-order valence-corrected chi connectivity index (χ4v) is 3.53. The molecule has 0 spiro atoms. The Bertz CT molecular complexity index is 1020. The van der Waals surface area contributed by atoms with Crippen LogP contribution < -0.4 is 24.3 Å². The third-order valence-corrected chi connectivity index (χ3v) is 4.97. The molecule has 1 aliphatic heterocycles. The molecule has 4 rings (SSSR count). The molecule has 1 amide bonds. The third kappa shape index (κ3) is 3.59. The van der Waals surface area contributed by atoms with Gasteiger partial charge < -0.3 is 18.9 Å². The Labute approximate surface area is 165 Å². The van der Waals surface area contributed by atoms with Gasteiger partial charge in [-0.3, -0.25) is 10.1 Å². The van der Waals surface area contributed by atoms with E-state index in [4.69, 9.17) is 18.9 Å². The predicted molar refractivity (Wildman–Crippen MR) is 106 cm³/mol. The van der Waals surface area contributed by atoms with Crippen molar-refractivity contribution >= 4 is 22.4 Å². The molecule has 0 saturated carbocycles. The van der Waals surface area contributed by atoms with Crippen molar-refractivity contribution < 1.29 is 23.7 Å². The van der Waals surface area contributed by atoms with Gasteiger partial charge in [-0.05, 0) is 36.4 Å². The zero-order chi connectivity index (χ0) is 19.5. The van der Waals surface area contributed by atoms with Gasteiger partial charge in [-0.15, -0.1) is 11.3 Å². The lowest BCUT2D eigenvalue weighted by atomic mass is 10.1. The summed E-state index contributed by atoms with van der Waals surface area (Å²) in [5.41, 5.74) is 2.10. The number of methoxy groups -OCH3 is 2. The van der Waals surface area contributed by atoms with E-state index in [0.29, 0.717) is 41.2 Å². The van der Waals surface area contributed by atoms with E-state index in [1.54, 1.807) is 25.3 Å². The van der Waals surface area contributed by atoms with E-state index in [1.165, 1.54) is 18.4 Å². The lowest BCUT2D eigenvalue weighted by Gasteiger charge is -2.18. The van der Waals surface area contributed by atoms with Crippen LogP contribution in [0.1, 0.15) is 10.4 Å². The highest BCUT2D eigenvalue weighted by molar-refractivity contribution is 7.14. The van der Waals surface area contributed by atoms with Crippen molar-refractivity contribution in [3.8, 4) is 34.3 Å². The Kier molecular flexibility index (Phi) is 5.03. The summed E-state index contributed by atoms with van der Waals surface area (Å²) in [4.78, 5) is 17.0. The average Bonchev–Trinajstić information content (AvgIpc) is 3.21. The maximum atomic E-state index is 12.5. The molecule has 2 heterocycles. The maximum Gasteiger partial charge on any atom is 0.257 e. The first-order valence-electron chi connectivity index (χ1n) is 8.57. The zero-order valence-corrected chi connectivity index (χ0v) is 16.2. The Hall–Kier alpha value is -3.26. The van der Waals surface area contributed by atoms with Gasteiger partial charge in [0.2, 0.25) is 0 Å². The molecule has 8 heteroatoms. The number of carbonyl (C=O) groups is 1. The number of thiazole rings is 1. The molecule has 2 aromatic carbocycles. The zero-order valence-electron chi connectivity index (χ0n) is 15.4. The standard InChI is InChI=1S/C20H18N2O5S/c1-24-15-5-4-13(10-17(15)25-2)19(23)22-20-21-14(11-28-20)12-3-6-16-18(9-12)27-8-7-26-16/h3-6,9-11H,7-8H2,1-2H3,(H,21,22,23). The fraction of sp³-hybridized carbons (Fsp3) is 0.200. The molecule has 0 unspecified atom stereocenters. The molecule has 0 radical (unpaired) electrons. The molecule has 0 fully saturated rings. The van der Waals surface area contributed by atoms with E-state index in [-0.39, 0.29) is 5.91 Å². The number of hydrogen-bond donors (Lipinski definition) is 1. The van der Waals surface area contributed by atoms with Crippen molar-refractivity contribution in [1.82, 2.24) is 4.98 Å². The van der Waals surface area contributed by atoms with Gasteiger partial charge in [0.15, 0.2) is 28.1 Å². The van der Waals surface area contributed by atoms with E-state index in [1.807, 2.05) is 23.6 Å². The molecule has 7 nitrogen and oxygen atoms in total. The molecule has 0 bridgehead atoms. The summed E-state index contributed by atoms with van der Waals surface area (Å²) in [7, 11) is 3.08. The number of anilines is 1. The van der Waals surface area contributed by atoms with Crippen LogP contribution in [0.2, 0.25) is 0 Å². The topological polar surface area (TPSA) is 78.9 Å². The van der Waals surface area contributed by atoms with Crippen molar-refractivity contribution in [2.24, 2.45) is 0 Å². The Balaban J connectivity index is 1.51. The minimum Gasteiger partial charge on any atom is -0.493 e. The summed E-state index contributed by atoms with van der Waals surface area (Å²) >= 11 is 1.35. The van der Waals surface area contributed by atoms with Crippen LogP contribution in [-0.2, 0) is 0 Å². The largest absolute Gasteiger partial charge is 0.493 e. The number of amides is 1. The lowest BCUT2D eigenvalue weighted by molar-refractivity contribution is 0.102. The van der Waals surface area contributed by atoms with Gasteiger partial charge in [0, 0.05) is 16.5 Å². The summed E-state index contributed by atoms with van der Waals surface area (Å²) < 4.78 is 21.6. The Morgan fingerprint density at radius 1 is 1.04 bits per heavy atom. The van der Waals surface area contributed by atoms with Crippen molar-refractivity contribution in [2.75, 3.05) is 32.8 Å². The Morgan fingerprint density at radius 2 is 1.82 bits per heavy atom. The summed E-state index contributed by atoms with van der Waals surface area (Å²) in [5, 5.41) is 5.20. The van der Waals surface area contributed by atoms with Gasteiger partial charge in [-0.2, -0.15) is 0 Å². The van der Waals surface area contributed by atoms with E-state index < -0.39 is 0 Å². The van der Waals surface area contributed by atoms with E-state index >= 15 is 0 Å². The highest BCUT2D eigenvalue weighted by Crippen LogP contribution is 2.35. The second kappa shape index (κ2) is 7.77. The van der Waals surface area contributed by atoms with Crippen LogP contribution in [0.5, 0.6) is 23.0 Å². The van der Waals surface area contributed by atoms with Crippen LogP contribution in [0.15, 0.2) is 41.8 Å². The SMILES string of the molecule is COc1ccc(C(=O)Nc2nc(-c3ccc4c(c3)OCCO4)cs2)cc1OC. The number of ether oxygens (including phenoxy) is 4. The van der Waals surface area contributed by atoms with Gasteiger partial charge in [0.25, 0.3) is 5.91 Å². The first-order chi connectivity index (χ1) is 13.7. The maximum absolute atomic E-state index is 12.5. The van der Waals surface area contributed by atoms with E-state index in [9.17, 15) is 4.79 Å². The van der Waals surface area contributed by atoms with Crippen LogP contribution >= 0.6 is 11.3 Å². The fourth-order valence-electron chi connectivity index (χ4n) is 2.81. The summed E-state index contributed by atoms with van der Waals surface area (Å²) in [6.07, 6.45) is 0. The number of carbonyl (C=O) groups excluding carboxylic acids is 1. The van der Waals surface area contributed by atoms with Crippen LogP contribution in [0.4, 0.5) is 5.13 Å². The predicted octanol–water partition coefficient (Wildman–Crippen LogP) is 3.85. The number of aromatic nitrogens is 1. The van der Waals surface area contributed by atoms with Crippen molar-refractivity contribution in [3.05, 3.63) is 47.3 Å². The van der Waals surface area contributed by atoms with Crippen LogP contribution in [0, 0.1) is 0 Å². The number of benzene rings is 2. The second-order valence-corrected chi connectivity index (χ2v) is 6.78. The molecule has 0 aliphatic carbocycles. The lowest BCUT2D eigenvalue weighted by Crippen LogP contribution is -2.15.